The number of carbonyl (C=O) groups excluding carboxylic acids is 1. The third kappa shape index (κ3) is 5.09. The zero-order chi connectivity index (χ0) is 30.5. The zero-order valence-electron chi connectivity index (χ0n) is 21.7. The number of carbonyl (C=O) groups is 1. The molecule has 0 N–H and O–H groups in total. The van der Waals surface area contributed by atoms with Crippen LogP contribution in [0.1, 0.15) is 22.6 Å². The van der Waals surface area contributed by atoms with E-state index >= 15 is 0 Å². The van der Waals surface area contributed by atoms with Gasteiger partial charge in [0.05, 0.1) is 0 Å². The Balaban J connectivity index is 1.22. The minimum atomic E-state index is -4.71. The minimum absolute atomic E-state index is 0.120. The van der Waals surface area contributed by atoms with Crippen LogP contribution in [-0.2, 0) is 10.9 Å². The fourth-order valence-electron chi connectivity index (χ4n) is 5.11. The zero-order valence-corrected chi connectivity index (χ0v) is 21.7. The lowest BCUT2D eigenvalue weighted by molar-refractivity contribution is -0.189. The van der Waals surface area contributed by atoms with Crippen LogP contribution in [-0.4, -0.2) is 5.97 Å². The summed E-state index contributed by atoms with van der Waals surface area (Å²) < 4.78 is 109. The van der Waals surface area contributed by atoms with Gasteiger partial charge in [0, 0.05) is 12.1 Å². The van der Waals surface area contributed by atoms with Crippen molar-refractivity contribution in [3.05, 3.63) is 143 Å². The summed E-state index contributed by atoms with van der Waals surface area (Å²) in [5.41, 5.74) is 1.70. The first-order valence-corrected chi connectivity index (χ1v) is 12.7. The number of halogens is 7. The van der Waals surface area contributed by atoms with E-state index < -0.39 is 58.4 Å². The number of hydrogen-bond acceptors (Lipinski definition) is 3. The normalized spacial score (nSPS) is 12.5. The summed E-state index contributed by atoms with van der Waals surface area (Å²) in [6, 6.07) is 22.0. The predicted octanol–water partition coefficient (Wildman–Crippen LogP) is 8.90. The second kappa shape index (κ2) is 10.6. The predicted molar refractivity (Wildman–Crippen MR) is 142 cm³/mol. The van der Waals surface area contributed by atoms with Crippen molar-refractivity contribution in [2.75, 3.05) is 0 Å². The Bertz CT molecular complexity index is 1800. The molecular weight excluding hydrogens is 577 g/mol. The number of rotatable bonds is 6. The average molecular weight is 594 g/mol. The van der Waals surface area contributed by atoms with Crippen LogP contribution in [0.25, 0.3) is 22.3 Å². The first kappa shape index (κ1) is 28.0. The molecule has 3 nitrogen and oxygen atoms in total. The van der Waals surface area contributed by atoms with E-state index in [2.05, 4.69) is 4.74 Å². The largest absolute Gasteiger partial charge is 0.432 e. The van der Waals surface area contributed by atoms with Crippen LogP contribution in [0.2, 0.25) is 0 Å². The van der Waals surface area contributed by atoms with Crippen LogP contribution >= 0.6 is 0 Å². The number of alkyl halides is 2. The maximum atomic E-state index is 14.8. The van der Waals surface area contributed by atoms with Gasteiger partial charge in [-0.2, -0.15) is 8.78 Å². The van der Waals surface area contributed by atoms with Crippen molar-refractivity contribution < 1.29 is 45.0 Å². The first-order valence-electron chi connectivity index (χ1n) is 12.7. The number of esters is 1. The second-order valence-corrected chi connectivity index (χ2v) is 9.69. The van der Waals surface area contributed by atoms with Crippen molar-refractivity contribution in [3.8, 4) is 33.8 Å². The fraction of sp³-hybridized carbons (Fsp3) is 0.0606. The van der Waals surface area contributed by atoms with E-state index in [1.807, 2.05) is 48.5 Å². The van der Waals surface area contributed by atoms with Crippen LogP contribution in [0.5, 0.6) is 11.5 Å². The summed E-state index contributed by atoms with van der Waals surface area (Å²) in [5.74, 6) is -11.2. The van der Waals surface area contributed by atoms with Gasteiger partial charge in [0.25, 0.3) is 0 Å². The van der Waals surface area contributed by atoms with E-state index in [-0.39, 0.29) is 29.0 Å². The molecule has 0 amide bonds. The van der Waals surface area contributed by atoms with Crippen LogP contribution in [0.4, 0.5) is 30.7 Å². The van der Waals surface area contributed by atoms with E-state index in [0.29, 0.717) is 12.1 Å². The van der Waals surface area contributed by atoms with Crippen molar-refractivity contribution in [1.82, 2.24) is 0 Å². The topological polar surface area (TPSA) is 35.5 Å². The van der Waals surface area contributed by atoms with E-state index in [9.17, 15) is 35.5 Å². The Morgan fingerprint density at radius 3 is 1.65 bits per heavy atom. The molecule has 0 spiro atoms. The van der Waals surface area contributed by atoms with E-state index in [1.165, 1.54) is 24.3 Å². The highest BCUT2D eigenvalue weighted by molar-refractivity contribution is 5.94. The molecule has 0 aromatic heterocycles. The Morgan fingerprint density at radius 1 is 0.605 bits per heavy atom. The molecular formula is C33H17F7O3. The summed E-state index contributed by atoms with van der Waals surface area (Å²) in [4.78, 5) is 13.2. The van der Waals surface area contributed by atoms with Gasteiger partial charge in [-0.25, -0.2) is 22.0 Å². The fourth-order valence-corrected chi connectivity index (χ4v) is 5.11. The van der Waals surface area contributed by atoms with Gasteiger partial charge in [-0.1, -0.05) is 60.7 Å². The molecule has 0 radical (unpaired) electrons. The molecule has 0 fully saturated rings. The van der Waals surface area contributed by atoms with Crippen molar-refractivity contribution in [2.24, 2.45) is 0 Å². The summed E-state index contributed by atoms with van der Waals surface area (Å²) in [6.45, 7) is 0. The standard InChI is InChI=1S/C33H17F7O3/c34-25-13-18(14-26(35)30(25)33(39,40)43-20-15-27(36)31(38)28(37)16-20)17-9-11-19(12-10-17)42-32(41)29-23-7-3-1-5-21(23)22-6-2-4-8-24(22)29/h1-16,29H. The maximum absolute atomic E-state index is 14.8. The van der Waals surface area contributed by atoms with Gasteiger partial charge >= 0.3 is 12.1 Å². The highest BCUT2D eigenvalue weighted by Gasteiger charge is 2.41. The Morgan fingerprint density at radius 2 is 1.12 bits per heavy atom. The molecule has 1 aliphatic rings. The summed E-state index contributed by atoms with van der Waals surface area (Å²) in [6.07, 6.45) is -4.71. The Kier molecular flexibility index (Phi) is 6.92. The molecule has 0 atom stereocenters. The molecule has 6 rings (SSSR count). The maximum Gasteiger partial charge on any atom is 0.432 e. The molecule has 216 valence electrons. The monoisotopic (exact) mass is 594 g/mol. The minimum Gasteiger partial charge on any atom is -0.429 e. The molecule has 43 heavy (non-hydrogen) atoms. The van der Waals surface area contributed by atoms with Gasteiger partial charge in [0.1, 0.15) is 34.6 Å². The lowest BCUT2D eigenvalue weighted by Gasteiger charge is -2.20. The second-order valence-electron chi connectivity index (χ2n) is 9.69. The van der Waals surface area contributed by atoms with Crippen molar-refractivity contribution in [1.29, 1.82) is 0 Å². The van der Waals surface area contributed by atoms with Crippen LogP contribution < -0.4 is 9.47 Å². The lowest BCUT2D eigenvalue weighted by atomic mass is 9.97. The molecule has 0 bridgehead atoms. The van der Waals surface area contributed by atoms with E-state index in [4.69, 9.17) is 4.74 Å². The van der Waals surface area contributed by atoms with Crippen LogP contribution in [0.3, 0.4) is 0 Å². The Labute approximate surface area is 239 Å². The molecule has 1 aliphatic carbocycles. The van der Waals surface area contributed by atoms with E-state index in [1.54, 1.807) is 0 Å². The summed E-state index contributed by atoms with van der Waals surface area (Å²) in [5, 5.41) is 0. The van der Waals surface area contributed by atoms with Gasteiger partial charge in [-0.05, 0) is 57.6 Å². The number of hydrogen-bond donors (Lipinski definition) is 0. The molecule has 0 saturated heterocycles. The quantitative estimate of drug-likeness (QED) is 0.0853. The van der Waals surface area contributed by atoms with Gasteiger partial charge in [-0.15, -0.1) is 0 Å². The smallest absolute Gasteiger partial charge is 0.429 e. The van der Waals surface area contributed by atoms with Crippen molar-refractivity contribution in [2.45, 2.75) is 12.0 Å². The van der Waals surface area contributed by atoms with E-state index in [0.717, 1.165) is 22.3 Å². The number of benzene rings is 5. The highest BCUT2D eigenvalue weighted by Crippen LogP contribution is 2.45. The van der Waals surface area contributed by atoms with Gasteiger partial charge in [0.15, 0.2) is 17.5 Å². The van der Waals surface area contributed by atoms with Gasteiger partial charge < -0.3 is 9.47 Å². The first-order chi connectivity index (χ1) is 20.5. The number of fused-ring (bicyclic) bond motifs is 3. The molecule has 0 saturated carbocycles. The average Bonchev–Trinajstić information content (AvgIpc) is 3.30. The molecule has 5 aromatic carbocycles. The third-order valence-corrected chi connectivity index (χ3v) is 7.01. The molecule has 10 heteroatoms. The molecule has 5 aromatic rings. The van der Waals surface area contributed by atoms with Crippen LogP contribution in [0.15, 0.2) is 97.1 Å². The third-order valence-electron chi connectivity index (χ3n) is 7.01. The highest BCUT2D eigenvalue weighted by atomic mass is 19.3. The lowest BCUT2D eigenvalue weighted by Crippen LogP contribution is -2.25. The molecule has 0 unspecified atom stereocenters. The van der Waals surface area contributed by atoms with Gasteiger partial charge in [0.2, 0.25) is 0 Å². The van der Waals surface area contributed by atoms with Gasteiger partial charge in [-0.3, -0.25) is 4.79 Å². The molecule has 0 heterocycles. The summed E-state index contributed by atoms with van der Waals surface area (Å²) in [7, 11) is 0. The van der Waals surface area contributed by atoms with Crippen molar-refractivity contribution >= 4 is 5.97 Å². The number of ether oxygens (including phenoxy) is 2. The SMILES string of the molecule is O=C(Oc1ccc(-c2cc(F)c(C(F)(F)Oc3cc(F)c(F)c(F)c3)c(F)c2)cc1)C1c2ccccc2-c2ccccc21. The van der Waals surface area contributed by atoms with Crippen molar-refractivity contribution in [3.63, 3.8) is 0 Å². The summed E-state index contributed by atoms with van der Waals surface area (Å²) >= 11 is 0. The van der Waals surface area contributed by atoms with Crippen LogP contribution in [0, 0.1) is 29.1 Å². The molecule has 0 aliphatic heterocycles. The Hall–Kier alpha value is -5.12.